The van der Waals surface area contributed by atoms with Crippen molar-refractivity contribution in [2.24, 2.45) is 0 Å². The Morgan fingerprint density at radius 3 is 2.28 bits per heavy atom. The molecular weight excluding hydrogens is 404 g/mol. The second-order valence-electron chi connectivity index (χ2n) is 7.64. The normalized spacial score (nSPS) is 11.2. The lowest BCUT2D eigenvalue weighted by Crippen LogP contribution is -2.28. The summed E-state index contributed by atoms with van der Waals surface area (Å²) in [6.45, 7) is 2.49. The van der Waals surface area contributed by atoms with Crippen LogP contribution in [0, 0.1) is 6.92 Å². The summed E-state index contributed by atoms with van der Waals surface area (Å²) in [5, 5.41) is 5.42. The number of fused-ring (bicyclic) bond motifs is 3. The highest BCUT2D eigenvalue weighted by atomic mass is 16.5. The summed E-state index contributed by atoms with van der Waals surface area (Å²) >= 11 is 0. The molecule has 0 unspecified atom stereocenters. The molecule has 7 nitrogen and oxygen atoms in total. The van der Waals surface area contributed by atoms with Crippen LogP contribution in [0.3, 0.4) is 0 Å². The van der Waals surface area contributed by atoms with E-state index in [4.69, 9.17) is 14.5 Å². The predicted octanol–water partition coefficient (Wildman–Crippen LogP) is 4.09. The summed E-state index contributed by atoms with van der Waals surface area (Å²) in [5.74, 6) is 1.68. The van der Waals surface area contributed by atoms with Crippen LogP contribution in [0.4, 0.5) is 0 Å². The lowest BCUT2D eigenvalue weighted by Gasteiger charge is -2.11. The van der Waals surface area contributed by atoms with Crippen LogP contribution in [0.1, 0.15) is 11.1 Å². The Labute approximate surface area is 184 Å². The van der Waals surface area contributed by atoms with Crippen LogP contribution in [0.15, 0.2) is 71.5 Å². The Bertz CT molecular complexity index is 1480. The minimum Gasteiger partial charge on any atom is -0.497 e. The fourth-order valence-corrected chi connectivity index (χ4v) is 3.82. The first-order valence-electron chi connectivity index (χ1n) is 10.2. The zero-order valence-electron chi connectivity index (χ0n) is 18.1. The third-order valence-electron chi connectivity index (χ3n) is 5.53. The van der Waals surface area contributed by atoms with Crippen LogP contribution in [0.5, 0.6) is 11.5 Å². The molecule has 0 N–H and O–H groups in total. The van der Waals surface area contributed by atoms with E-state index in [1.807, 2.05) is 67.6 Å². The zero-order valence-corrected chi connectivity index (χ0v) is 18.1. The Hall–Kier alpha value is -4.13. The number of rotatable bonds is 5. The quantitative estimate of drug-likeness (QED) is 0.423. The van der Waals surface area contributed by atoms with Gasteiger partial charge in [-0.15, -0.1) is 5.10 Å². The second-order valence-corrected chi connectivity index (χ2v) is 7.64. The highest BCUT2D eigenvalue weighted by Gasteiger charge is 2.17. The van der Waals surface area contributed by atoms with Gasteiger partial charge >= 0.3 is 5.69 Å². The van der Waals surface area contributed by atoms with E-state index in [1.165, 1.54) is 10.1 Å². The summed E-state index contributed by atoms with van der Waals surface area (Å²) in [6, 6.07) is 21.4. The van der Waals surface area contributed by atoms with E-state index in [2.05, 4.69) is 5.10 Å². The largest absolute Gasteiger partial charge is 0.497 e. The lowest BCUT2D eigenvalue weighted by molar-refractivity contribution is 0.394. The van der Waals surface area contributed by atoms with Gasteiger partial charge in [-0.25, -0.2) is 9.78 Å². The fourth-order valence-electron chi connectivity index (χ4n) is 3.82. The molecule has 2 aromatic heterocycles. The summed E-state index contributed by atoms with van der Waals surface area (Å²) in [7, 11) is 3.18. The van der Waals surface area contributed by atoms with Crippen molar-refractivity contribution in [3.8, 4) is 22.9 Å². The molecule has 0 saturated heterocycles. The minimum absolute atomic E-state index is 0.243. The predicted molar refractivity (Wildman–Crippen MR) is 124 cm³/mol. The third kappa shape index (κ3) is 3.37. The molecule has 0 bridgehead atoms. The van der Waals surface area contributed by atoms with Crippen molar-refractivity contribution >= 4 is 16.6 Å². The van der Waals surface area contributed by atoms with Gasteiger partial charge in [-0.2, -0.15) is 4.52 Å². The molecule has 7 heteroatoms. The van der Waals surface area contributed by atoms with Crippen molar-refractivity contribution in [2.45, 2.75) is 13.5 Å². The molecule has 0 aliphatic heterocycles. The van der Waals surface area contributed by atoms with Crippen molar-refractivity contribution in [3.63, 3.8) is 0 Å². The smallest absolute Gasteiger partial charge is 0.351 e. The highest BCUT2D eigenvalue weighted by molar-refractivity contribution is 5.92. The number of hydrogen-bond acceptors (Lipinski definition) is 5. The molecular formula is C25H22N4O3. The Morgan fingerprint density at radius 1 is 0.906 bits per heavy atom. The summed E-state index contributed by atoms with van der Waals surface area (Å²) in [4.78, 5) is 18.2. The van der Waals surface area contributed by atoms with E-state index >= 15 is 0 Å². The average molecular weight is 426 g/mol. The van der Waals surface area contributed by atoms with Crippen molar-refractivity contribution in [3.05, 3.63) is 88.3 Å². The molecule has 0 radical (unpaired) electrons. The number of methoxy groups -OCH3 is 2. The van der Waals surface area contributed by atoms with Gasteiger partial charge in [0.05, 0.1) is 26.3 Å². The van der Waals surface area contributed by atoms with E-state index in [0.717, 1.165) is 16.5 Å². The van der Waals surface area contributed by atoms with Gasteiger partial charge < -0.3 is 9.47 Å². The SMILES string of the molecule is COc1cc(OC)cc(-c2nc3c4ccccc4n(Cc4ccc(C)cc4)c(=O)n3n2)c1. The molecule has 5 aromatic rings. The first-order valence-corrected chi connectivity index (χ1v) is 10.2. The monoisotopic (exact) mass is 426 g/mol. The van der Waals surface area contributed by atoms with E-state index in [0.29, 0.717) is 35.1 Å². The molecule has 32 heavy (non-hydrogen) atoms. The van der Waals surface area contributed by atoms with Gasteiger partial charge in [0.2, 0.25) is 0 Å². The first kappa shape index (κ1) is 19.8. The lowest BCUT2D eigenvalue weighted by atomic mass is 10.1. The van der Waals surface area contributed by atoms with Gasteiger partial charge in [-0.1, -0.05) is 42.0 Å². The number of benzene rings is 3. The molecule has 5 rings (SSSR count). The molecule has 3 aromatic carbocycles. The van der Waals surface area contributed by atoms with E-state index < -0.39 is 0 Å². The summed E-state index contributed by atoms with van der Waals surface area (Å²) < 4.78 is 13.9. The van der Waals surface area contributed by atoms with Crippen molar-refractivity contribution < 1.29 is 9.47 Å². The first-order chi connectivity index (χ1) is 15.6. The molecule has 0 amide bonds. The molecule has 2 heterocycles. The highest BCUT2D eigenvalue weighted by Crippen LogP contribution is 2.29. The van der Waals surface area contributed by atoms with Gasteiger partial charge in [0, 0.05) is 17.0 Å². The van der Waals surface area contributed by atoms with Gasteiger partial charge in [0.1, 0.15) is 11.5 Å². The third-order valence-corrected chi connectivity index (χ3v) is 5.53. The van der Waals surface area contributed by atoms with Gasteiger partial charge in [0.15, 0.2) is 11.5 Å². The molecule has 0 spiro atoms. The van der Waals surface area contributed by atoms with Gasteiger partial charge in [-0.3, -0.25) is 4.57 Å². The van der Waals surface area contributed by atoms with Crippen LogP contribution >= 0.6 is 0 Å². The van der Waals surface area contributed by atoms with Crippen molar-refractivity contribution in [1.29, 1.82) is 0 Å². The van der Waals surface area contributed by atoms with E-state index in [9.17, 15) is 4.79 Å². The molecule has 0 atom stereocenters. The standard InChI is InChI=1S/C25H22N4O3/c1-16-8-10-17(11-9-16)15-28-22-7-5-4-6-21(22)24-26-23(27-29(24)25(28)30)18-12-19(31-2)14-20(13-18)32-3/h4-14H,15H2,1-3H3. The summed E-state index contributed by atoms with van der Waals surface area (Å²) in [5.41, 5.74) is 4.01. The Balaban J connectivity index is 1.73. The van der Waals surface area contributed by atoms with Gasteiger partial charge in [0.25, 0.3) is 0 Å². The van der Waals surface area contributed by atoms with Gasteiger partial charge in [-0.05, 0) is 36.8 Å². The average Bonchev–Trinajstić information content (AvgIpc) is 3.29. The van der Waals surface area contributed by atoms with Crippen LogP contribution in [-0.2, 0) is 6.54 Å². The van der Waals surface area contributed by atoms with Crippen LogP contribution in [-0.4, -0.2) is 33.4 Å². The molecule has 0 saturated carbocycles. The maximum atomic E-state index is 13.5. The molecule has 160 valence electrons. The topological polar surface area (TPSA) is 70.7 Å². The van der Waals surface area contributed by atoms with Crippen molar-refractivity contribution in [2.75, 3.05) is 14.2 Å². The Kier molecular flexibility index (Phi) is 4.86. The van der Waals surface area contributed by atoms with E-state index in [-0.39, 0.29) is 5.69 Å². The van der Waals surface area contributed by atoms with Crippen LogP contribution in [0.2, 0.25) is 0 Å². The fraction of sp³-hybridized carbons (Fsp3) is 0.160. The zero-order chi connectivity index (χ0) is 22.2. The number of para-hydroxylation sites is 1. The van der Waals surface area contributed by atoms with E-state index in [1.54, 1.807) is 24.9 Å². The Morgan fingerprint density at radius 2 is 1.59 bits per heavy atom. The minimum atomic E-state index is -0.243. The van der Waals surface area contributed by atoms with Crippen molar-refractivity contribution in [1.82, 2.24) is 19.2 Å². The second kappa shape index (κ2) is 7.85. The maximum Gasteiger partial charge on any atom is 0.351 e. The number of aryl methyl sites for hydroxylation is 1. The number of hydrogen-bond donors (Lipinski definition) is 0. The molecule has 0 aliphatic carbocycles. The number of nitrogens with zero attached hydrogens (tertiary/aromatic N) is 4. The number of ether oxygens (including phenoxy) is 2. The molecule has 0 aliphatic rings. The maximum absolute atomic E-state index is 13.5. The van der Waals surface area contributed by atoms with Crippen LogP contribution in [0.25, 0.3) is 27.9 Å². The molecule has 0 fully saturated rings. The number of aromatic nitrogens is 4. The summed E-state index contributed by atoms with van der Waals surface area (Å²) in [6.07, 6.45) is 0. The van der Waals surface area contributed by atoms with Crippen LogP contribution < -0.4 is 15.2 Å².